The average Bonchev–Trinajstić information content (AvgIpc) is 1.54. The fraction of sp³-hybridized carbons (Fsp3) is 0.493. The second kappa shape index (κ2) is 45.5. The predicted octanol–water partition coefficient (Wildman–Crippen LogP) is 1.88. The minimum absolute atomic E-state index is 0.100. The lowest BCUT2D eigenvalue weighted by Crippen LogP contribution is -2.60. The maximum Gasteiger partial charge on any atom is 0.303 e. The topological polar surface area (TPSA) is 673 Å². The van der Waals surface area contributed by atoms with E-state index in [1.54, 1.807) is 42.5 Å². The number of nitrogens with one attached hydrogen (secondary N) is 8. The molecule has 41 nitrogen and oxygen atoms in total. The van der Waals surface area contributed by atoms with Crippen LogP contribution in [0.2, 0.25) is 0 Å². The number of carboxylic acid groups (broad SMARTS) is 8. The van der Waals surface area contributed by atoms with Crippen LogP contribution in [-0.4, -0.2) is 235 Å². The van der Waals surface area contributed by atoms with Gasteiger partial charge in [-0.3, -0.25) is 101 Å². The molecular weight excluding hydrogens is 1600 g/mol. The van der Waals surface area contributed by atoms with E-state index in [-0.39, 0.29) is 22.6 Å². The molecule has 0 spiro atoms. The number of carboxylic acids is 8. The fourth-order valence-electron chi connectivity index (χ4n) is 12.4. The van der Waals surface area contributed by atoms with Crippen LogP contribution < -0.4 is 47.4 Å². The summed E-state index contributed by atoms with van der Waals surface area (Å²) < 4.78 is 67.8. The third-order valence-corrected chi connectivity index (χ3v) is 20.6. The minimum Gasteiger partial charge on any atom is -0.481 e. The van der Waals surface area contributed by atoms with Crippen molar-refractivity contribution in [2.45, 2.75) is 232 Å². The van der Waals surface area contributed by atoms with E-state index in [4.69, 9.17) is 5.11 Å². The van der Waals surface area contributed by atoms with Crippen molar-refractivity contribution in [2.24, 2.45) is 4.99 Å². The number of nitrogens with zero attached hydrogens (tertiary/aromatic N) is 2. The summed E-state index contributed by atoms with van der Waals surface area (Å²) in [5.74, 6) is -23.1. The van der Waals surface area contributed by atoms with Gasteiger partial charge in [-0.1, -0.05) is 64.5 Å². The maximum absolute atomic E-state index is 14.2. The summed E-state index contributed by atoms with van der Waals surface area (Å²) in [5.41, 5.74) is 2.19. The van der Waals surface area contributed by atoms with E-state index in [0.717, 1.165) is 12.6 Å². The van der Waals surface area contributed by atoms with E-state index >= 15 is 0 Å². The average molecular weight is 1700 g/mol. The van der Waals surface area contributed by atoms with Crippen molar-refractivity contribution in [3.63, 3.8) is 0 Å². The first kappa shape index (κ1) is 98.4. The number of benzene rings is 2. The Hall–Kier alpha value is -12.0. The van der Waals surface area contributed by atoms with E-state index < -0.39 is 289 Å². The second-order valence-corrected chi connectivity index (χ2v) is 31.5. The molecule has 0 fully saturated rings. The molecule has 2 aromatic carbocycles. The molecule has 0 saturated heterocycles. The van der Waals surface area contributed by atoms with Crippen molar-refractivity contribution >= 4 is 138 Å². The van der Waals surface area contributed by atoms with Gasteiger partial charge in [-0.05, 0) is 131 Å². The number of Topliss-reactive ketones (excluding diaryl/α,β-unsaturated/α-hetero) is 2. The molecule has 0 saturated carbocycles. The van der Waals surface area contributed by atoms with E-state index in [0.29, 0.717) is 47.6 Å². The summed E-state index contributed by atoms with van der Waals surface area (Å²) in [4.78, 5) is 224. The van der Waals surface area contributed by atoms with E-state index in [9.17, 15) is 143 Å². The zero-order chi connectivity index (χ0) is 88.7. The number of carbonyl (C=O) groups excluding carboxylic acids is 9. The number of anilines is 1. The highest BCUT2D eigenvalue weighted by Gasteiger charge is 2.42. The molecule has 2 aliphatic rings. The largest absolute Gasteiger partial charge is 0.481 e. The van der Waals surface area contributed by atoms with Gasteiger partial charge in [0.1, 0.15) is 42.0 Å². The van der Waals surface area contributed by atoms with Crippen LogP contribution in [-0.2, 0) is 113 Å². The van der Waals surface area contributed by atoms with Gasteiger partial charge >= 0.3 is 47.8 Å². The molecule has 4 rings (SSSR count). The monoisotopic (exact) mass is 1700 g/mol. The molecule has 2 aliphatic heterocycles. The number of aliphatic imine (C=N–C) groups is 1. The van der Waals surface area contributed by atoms with Gasteiger partial charge in [0.15, 0.2) is 5.78 Å². The number of unbranched alkanes of at least 4 members (excludes halogenated alkanes) is 2. The highest BCUT2D eigenvalue weighted by molar-refractivity contribution is 7.86. The van der Waals surface area contributed by atoms with E-state index in [2.05, 4.69) is 47.5 Å². The van der Waals surface area contributed by atoms with Crippen LogP contribution in [0.4, 0.5) is 11.4 Å². The third kappa shape index (κ3) is 32.3. The van der Waals surface area contributed by atoms with Gasteiger partial charge in [-0.15, -0.1) is 0 Å². The number of rotatable bonds is 54. The number of fused-ring (bicyclic) bond motifs is 2. The molecule has 18 N–H and O–H groups in total. The lowest BCUT2D eigenvalue weighted by molar-refractivity contribution is -0.141. The van der Waals surface area contributed by atoms with Crippen LogP contribution in [0.15, 0.2) is 99.4 Å². The zero-order valence-electron chi connectivity index (χ0n) is 64.9. The maximum atomic E-state index is 14.2. The second-order valence-electron chi connectivity index (χ2n) is 28.7. The third-order valence-electron chi connectivity index (χ3n) is 18.9. The van der Waals surface area contributed by atoms with Crippen molar-refractivity contribution in [1.82, 2.24) is 42.5 Å². The van der Waals surface area contributed by atoms with Crippen molar-refractivity contribution in [1.29, 1.82) is 0 Å². The molecule has 646 valence electrons. The number of amides is 7. The summed E-state index contributed by atoms with van der Waals surface area (Å²) in [6.07, 6.45) is 0.506. The Labute approximate surface area is 676 Å². The summed E-state index contributed by atoms with van der Waals surface area (Å²) in [6, 6.07) is -6.90. The van der Waals surface area contributed by atoms with E-state index in [1.807, 2.05) is 38.7 Å². The number of hydrogen-bond donors (Lipinski definition) is 18. The van der Waals surface area contributed by atoms with Crippen LogP contribution >= 0.6 is 0 Å². The van der Waals surface area contributed by atoms with Crippen molar-refractivity contribution in [3.05, 3.63) is 95.8 Å². The van der Waals surface area contributed by atoms with Gasteiger partial charge in [0.2, 0.25) is 41.4 Å². The molecule has 0 bridgehead atoms. The van der Waals surface area contributed by atoms with E-state index in [1.165, 1.54) is 30.3 Å². The van der Waals surface area contributed by atoms with Crippen LogP contribution in [0.5, 0.6) is 0 Å². The summed E-state index contributed by atoms with van der Waals surface area (Å²) >= 11 is 0. The van der Waals surface area contributed by atoms with Gasteiger partial charge in [0.05, 0.1) is 39.8 Å². The smallest absolute Gasteiger partial charge is 0.303 e. The summed E-state index contributed by atoms with van der Waals surface area (Å²) in [6.45, 7) is 8.19. The Balaban J connectivity index is 1.52. The Bertz CT molecular complexity index is 4550. The lowest BCUT2D eigenvalue weighted by atomic mass is 9.81. The zero-order valence-corrected chi connectivity index (χ0v) is 66.6. The van der Waals surface area contributed by atoms with Crippen LogP contribution in [0.3, 0.4) is 0 Å². The first-order valence-corrected chi connectivity index (χ1v) is 39.9. The van der Waals surface area contributed by atoms with Crippen LogP contribution in [0, 0.1) is 0 Å². The molecular formula is C75H98N10O31S2. The van der Waals surface area contributed by atoms with Crippen LogP contribution in [0.1, 0.15) is 174 Å². The molecule has 118 heavy (non-hydrogen) atoms. The quantitative estimate of drug-likeness (QED) is 0.0255. The fourth-order valence-corrected chi connectivity index (χ4v) is 13.4. The standard InChI is InChI=1S/C75H98N10O31S2/c1-41(86)47(20-29-59(88)89)78-68(105)50(22-31-61(92)93)80-70(107)52(24-33-63(96)97)82-72(109)54(26-35-65(100)101)84-73(110)55(27-36-66(102)103)83-71(108)53(25-34-64(98)99)81-69(106)51(23-32-62(94)95)79-67(104)49(21-30-60(90)91)76-40-42(87)14-10-9-13-37-85-56-28-18-44(118(114,115)116)39-46(56)75(4,5)58(85)16-12-8-6-7-11-15-57-74(2,3)45-38-43(117(111,112)113)17-19-48(45)77-57/h6-8,11-12,15-19,28,38-39,47,49-55,76H,9-10,13-14,20-27,29-37,40H2,1-5H3,(H,78,105)(H,79,104)(H,80,107)(H,81,106)(H,82,109)(H,83,108)(H,84,110)(H,88,89)(H,90,91)(H,92,93)(H,94,95)(H,96,97)(H,98,99)(H,100,101)(H,102,103)(H,111,112,113)(H,114,115,116)/b7-6+,12-8+,15-11+,58-16+/t47-,49-,50-,51-,52-,53-,54-,55-/m1/s1. The summed E-state index contributed by atoms with van der Waals surface area (Å²) in [7, 11) is -9.07. The van der Waals surface area contributed by atoms with Crippen LogP contribution in [0.25, 0.3) is 0 Å². The SMILES string of the molecule is CC(=O)[C@@H](CCC(=O)O)NC(=O)[C@@H](CCC(=O)O)NC(=O)[C@@H](CCC(=O)O)NC(=O)[C@@H](CCC(=O)O)NC(=O)[C@@H](CCC(=O)O)NC(=O)[C@@H](CCC(=O)O)NC(=O)[C@@H](CCC(=O)O)NC(=O)[C@@H](CCC(=O)O)NCC(=O)CCCCCN1/C(=C/C=C/C=C/C=C/C2=Nc3ccc(S(=O)(=O)O)cc3C2(C)C)C(C)(C)c2cc(S(=O)(=O)O)ccc21. The Morgan fingerprint density at radius 2 is 0.720 bits per heavy atom. The molecule has 43 heteroatoms. The Morgan fingerprint density at radius 3 is 1.08 bits per heavy atom. The number of hydrogen-bond acceptors (Lipinski definition) is 24. The number of carbonyl (C=O) groups is 17. The van der Waals surface area contributed by atoms with Gasteiger partial charge < -0.3 is 83.0 Å². The molecule has 0 aromatic heterocycles. The van der Waals surface area contributed by atoms with Crippen molar-refractivity contribution in [2.75, 3.05) is 18.0 Å². The molecule has 7 amide bonds. The Morgan fingerprint density at radius 1 is 0.398 bits per heavy atom. The molecule has 0 aliphatic carbocycles. The van der Waals surface area contributed by atoms with Gasteiger partial charge in [-0.2, -0.15) is 16.8 Å². The number of aliphatic carboxylic acids is 8. The Kier molecular flexibility index (Phi) is 38.0. The lowest BCUT2D eigenvalue weighted by Gasteiger charge is -2.28. The van der Waals surface area contributed by atoms with Crippen molar-refractivity contribution < 1.29 is 148 Å². The normalized spacial score (nSPS) is 15.8. The minimum atomic E-state index is -4.62. The molecule has 0 radical (unpaired) electrons. The van der Waals surface area contributed by atoms with Gasteiger partial charge in [0.25, 0.3) is 20.2 Å². The first-order chi connectivity index (χ1) is 55.0. The molecule has 8 atom stereocenters. The number of allylic oxidation sites excluding steroid dienone is 8. The predicted molar refractivity (Wildman–Crippen MR) is 413 cm³/mol. The number of ketones is 2. The molecule has 2 aromatic rings. The van der Waals surface area contributed by atoms with Gasteiger partial charge in [-0.25, -0.2) is 0 Å². The van der Waals surface area contributed by atoms with Crippen molar-refractivity contribution in [3.8, 4) is 0 Å². The molecule has 0 unspecified atom stereocenters. The highest BCUT2D eigenvalue weighted by atomic mass is 32.2. The summed E-state index contributed by atoms with van der Waals surface area (Å²) in [5, 5.41) is 94.0. The van der Waals surface area contributed by atoms with Gasteiger partial charge in [0, 0.05) is 86.5 Å². The molecule has 2 heterocycles. The first-order valence-electron chi connectivity index (χ1n) is 37.0. The highest BCUT2D eigenvalue weighted by Crippen LogP contribution is 2.49.